The summed E-state index contributed by atoms with van der Waals surface area (Å²) >= 11 is 0. The lowest BCUT2D eigenvalue weighted by Gasteiger charge is -2.21. The predicted molar refractivity (Wildman–Crippen MR) is 77.6 cm³/mol. The van der Waals surface area contributed by atoms with Crippen LogP contribution in [0.2, 0.25) is 0 Å². The highest BCUT2D eigenvalue weighted by atomic mass is 16.3. The molecule has 19 heavy (non-hydrogen) atoms. The van der Waals surface area contributed by atoms with E-state index in [-0.39, 0.29) is 12.0 Å². The molecular weight excluding hydrogens is 238 g/mol. The lowest BCUT2D eigenvalue weighted by molar-refractivity contribution is 0.145. The molecular formula is C15H21N3O. The predicted octanol–water partition coefficient (Wildman–Crippen LogP) is 2.73. The van der Waals surface area contributed by atoms with Gasteiger partial charge in [0, 0.05) is 19.0 Å². The van der Waals surface area contributed by atoms with Crippen LogP contribution in [0.15, 0.2) is 18.2 Å². The molecule has 0 spiro atoms. The molecule has 4 heteroatoms. The van der Waals surface area contributed by atoms with Crippen molar-refractivity contribution in [3.63, 3.8) is 0 Å². The smallest absolute Gasteiger partial charge is 0.203 e. The van der Waals surface area contributed by atoms with Crippen LogP contribution in [0.1, 0.15) is 38.2 Å². The van der Waals surface area contributed by atoms with Crippen molar-refractivity contribution < 1.29 is 5.11 Å². The van der Waals surface area contributed by atoms with Gasteiger partial charge in [0.2, 0.25) is 5.95 Å². The molecule has 4 nitrogen and oxygen atoms in total. The minimum Gasteiger partial charge on any atom is -0.393 e. The summed E-state index contributed by atoms with van der Waals surface area (Å²) in [6.45, 7) is 6.12. The maximum atomic E-state index is 10.1. The second kappa shape index (κ2) is 4.85. The lowest BCUT2D eigenvalue weighted by atomic mass is 9.92. The van der Waals surface area contributed by atoms with Crippen LogP contribution < -0.4 is 5.32 Å². The number of imidazole rings is 1. The summed E-state index contributed by atoms with van der Waals surface area (Å²) in [7, 11) is 0. The molecule has 1 aromatic heterocycles. The fraction of sp³-hybridized carbons (Fsp3) is 0.533. The molecule has 0 amide bonds. The van der Waals surface area contributed by atoms with E-state index in [1.165, 1.54) is 11.1 Å². The van der Waals surface area contributed by atoms with Crippen LogP contribution in [0.3, 0.4) is 0 Å². The van der Waals surface area contributed by atoms with Crippen molar-refractivity contribution in [1.82, 2.24) is 9.55 Å². The normalized spacial score (nSPS) is 17.8. The van der Waals surface area contributed by atoms with Crippen LogP contribution in [0.5, 0.6) is 0 Å². The lowest BCUT2D eigenvalue weighted by Crippen LogP contribution is -2.19. The maximum Gasteiger partial charge on any atom is 0.203 e. The van der Waals surface area contributed by atoms with Crippen LogP contribution >= 0.6 is 0 Å². The molecule has 2 aromatic rings. The van der Waals surface area contributed by atoms with E-state index in [0.29, 0.717) is 0 Å². The molecule has 102 valence electrons. The molecule has 0 radical (unpaired) electrons. The van der Waals surface area contributed by atoms with Gasteiger partial charge in [0.1, 0.15) is 0 Å². The molecule has 2 heterocycles. The van der Waals surface area contributed by atoms with E-state index in [4.69, 9.17) is 0 Å². The van der Waals surface area contributed by atoms with Gasteiger partial charge < -0.3 is 15.0 Å². The summed E-state index contributed by atoms with van der Waals surface area (Å²) in [6, 6.07) is 6.21. The van der Waals surface area contributed by atoms with Crippen LogP contribution in [-0.2, 0) is 6.54 Å². The Labute approximate surface area is 113 Å². The fourth-order valence-corrected chi connectivity index (χ4v) is 2.93. The minimum absolute atomic E-state index is 0.136. The Bertz CT molecular complexity index is 590. The Balaban J connectivity index is 2.16. The average molecular weight is 259 g/mol. The number of anilines is 1. The Hall–Kier alpha value is -1.55. The minimum atomic E-state index is -0.298. The number of aliphatic hydroxyl groups excluding tert-OH is 1. The van der Waals surface area contributed by atoms with E-state index in [2.05, 4.69) is 33.9 Å². The molecule has 2 N–H and O–H groups in total. The van der Waals surface area contributed by atoms with E-state index in [9.17, 15) is 5.11 Å². The first-order valence-electron chi connectivity index (χ1n) is 7.13. The molecule has 0 aliphatic carbocycles. The maximum absolute atomic E-state index is 10.1. The van der Waals surface area contributed by atoms with Crippen LogP contribution in [0.25, 0.3) is 11.0 Å². The highest BCUT2D eigenvalue weighted by Crippen LogP contribution is 2.32. The number of hydrogen-bond donors (Lipinski definition) is 2. The highest BCUT2D eigenvalue weighted by Gasteiger charge is 2.22. The number of benzene rings is 1. The molecule has 0 bridgehead atoms. The molecule has 0 saturated carbocycles. The zero-order valence-corrected chi connectivity index (χ0v) is 11.6. The van der Waals surface area contributed by atoms with Crippen molar-refractivity contribution in [2.45, 2.75) is 45.3 Å². The highest BCUT2D eigenvalue weighted by molar-refractivity contribution is 5.83. The number of aliphatic hydroxyl groups is 1. The first-order chi connectivity index (χ1) is 9.22. The summed E-state index contributed by atoms with van der Waals surface area (Å²) in [5.41, 5.74) is 3.41. The van der Waals surface area contributed by atoms with Gasteiger partial charge in [-0.3, -0.25) is 0 Å². The topological polar surface area (TPSA) is 50.1 Å². The van der Waals surface area contributed by atoms with Crippen molar-refractivity contribution in [2.24, 2.45) is 0 Å². The van der Waals surface area contributed by atoms with Crippen molar-refractivity contribution in [1.29, 1.82) is 0 Å². The average Bonchev–Trinajstić information content (AvgIpc) is 2.84. The van der Waals surface area contributed by atoms with Crippen LogP contribution in [-0.4, -0.2) is 27.3 Å². The standard InChI is InChI=1S/C15H21N3O/c1-3-13(19)10(2)11-6-4-7-12-14(11)18-9-5-8-16-15(18)17-12/h4,6-7,10,13,19H,3,5,8-9H2,1-2H3,(H,16,17). The van der Waals surface area contributed by atoms with Crippen LogP contribution in [0, 0.1) is 0 Å². The Morgan fingerprint density at radius 3 is 3.11 bits per heavy atom. The van der Waals surface area contributed by atoms with Crippen molar-refractivity contribution >= 4 is 17.0 Å². The van der Waals surface area contributed by atoms with Gasteiger partial charge in [-0.05, 0) is 24.5 Å². The summed E-state index contributed by atoms with van der Waals surface area (Å²) in [5, 5.41) is 13.5. The van der Waals surface area contributed by atoms with Crippen LogP contribution in [0.4, 0.5) is 5.95 Å². The Kier molecular flexibility index (Phi) is 3.19. The number of para-hydroxylation sites is 1. The molecule has 3 rings (SSSR count). The summed E-state index contributed by atoms with van der Waals surface area (Å²) < 4.78 is 2.26. The molecule has 1 aliphatic rings. The third kappa shape index (κ3) is 2.00. The SMILES string of the molecule is CCC(O)C(C)c1cccc2nc3n(c12)CCCN3. The zero-order chi connectivity index (χ0) is 13.4. The monoisotopic (exact) mass is 259 g/mol. The summed E-state index contributed by atoms with van der Waals surface area (Å²) in [6.07, 6.45) is 1.60. The van der Waals surface area contributed by atoms with Crippen molar-refractivity contribution in [2.75, 3.05) is 11.9 Å². The van der Waals surface area contributed by atoms with Gasteiger partial charge in [0.15, 0.2) is 0 Å². The largest absolute Gasteiger partial charge is 0.393 e. The number of fused-ring (bicyclic) bond motifs is 3. The third-order valence-corrected chi connectivity index (χ3v) is 4.13. The number of aryl methyl sites for hydroxylation is 1. The first kappa shape index (κ1) is 12.5. The van der Waals surface area contributed by atoms with E-state index in [0.717, 1.165) is 37.4 Å². The zero-order valence-electron chi connectivity index (χ0n) is 11.6. The van der Waals surface area contributed by atoms with E-state index in [1.54, 1.807) is 0 Å². The number of rotatable bonds is 3. The van der Waals surface area contributed by atoms with Gasteiger partial charge in [0.05, 0.1) is 17.1 Å². The number of hydrogen-bond acceptors (Lipinski definition) is 3. The Morgan fingerprint density at radius 2 is 2.32 bits per heavy atom. The fourth-order valence-electron chi connectivity index (χ4n) is 2.93. The van der Waals surface area contributed by atoms with E-state index in [1.807, 2.05) is 13.0 Å². The molecule has 0 saturated heterocycles. The van der Waals surface area contributed by atoms with Gasteiger partial charge in [-0.1, -0.05) is 26.0 Å². The molecule has 0 fully saturated rings. The molecule has 2 unspecified atom stereocenters. The van der Waals surface area contributed by atoms with Gasteiger partial charge in [0.25, 0.3) is 0 Å². The van der Waals surface area contributed by atoms with Crippen molar-refractivity contribution in [3.8, 4) is 0 Å². The third-order valence-electron chi connectivity index (χ3n) is 4.13. The van der Waals surface area contributed by atoms with Gasteiger partial charge in [-0.15, -0.1) is 0 Å². The number of nitrogens with zero attached hydrogens (tertiary/aromatic N) is 2. The number of aromatic nitrogens is 2. The quantitative estimate of drug-likeness (QED) is 0.891. The first-order valence-corrected chi connectivity index (χ1v) is 7.13. The van der Waals surface area contributed by atoms with Gasteiger partial charge in [-0.2, -0.15) is 0 Å². The second-order valence-corrected chi connectivity index (χ2v) is 5.35. The summed E-state index contributed by atoms with van der Waals surface area (Å²) in [5.74, 6) is 1.10. The second-order valence-electron chi connectivity index (χ2n) is 5.35. The van der Waals surface area contributed by atoms with E-state index >= 15 is 0 Å². The number of nitrogens with one attached hydrogen (secondary N) is 1. The Morgan fingerprint density at radius 1 is 1.47 bits per heavy atom. The molecule has 2 atom stereocenters. The molecule has 1 aromatic carbocycles. The van der Waals surface area contributed by atoms with Gasteiger partial charge in [-0.25, -0.2) is 4.98 Å². The molecule has 1 aliphatic heterocycles. The van der Waals surface area contributed by atoms with E-state index < -0.39 is 0 Å². The van der Waals surface area contributed by atoms with Crippen molar-refractivity contribution in [3.05, 3.63) is 23.8 Å². The van der Waals surface area contributed by atoms with Gasteiger partial charge >= 0.3 is 0 Å². The summed E-state index contributed by atoms with van der Waals surface area (Å²) in [4.78, 5) is 4.65.